The molecule has 1 unspecified atom stereocenters. The van der Waals surface area contributed by atoms with Gasteiger partial charge in [0.05, 0.1) is 17.8 Å². The SMILES string of the molecule is Cc1nn(C)c(C)c1C(=O)C(=O)NCC(C)(O)c1ccccc1. The molecule has 1 amide bonds. The lowest BCUT2D eigenvalue weighted by Gasteiger charge is -2.24. The number of hydrogen-bond acceptors (Lipinski definition) is 4. The lowest BCUT2D eigenvalue weighted by Crippen LogP contribution is -2.41. The molecule has 1 aromatic carbocycles. The molecule has 1 atom stereocenters. The third-order valence-electron chi connectivity index (χ3n) is 3.93. The summed E-state index contributed by atoms with van der Waals surface area (Å²) >= 11 is 0. The Hall–Kier alpha value is -2.47. The molecule has 2 aromatic rings. The van der Waals surface area contributed by atoms with Crippen LogP contribution in [-0.2, 0) is 17.4 Å². The van der Waals surface area contributed by atoms with Crippen LogP contribution in [0.3, 0.4) is 0 Å². The fraction of sp³-hybridized carbons (Fsp3) is 0.353. The van der Waals surface area contributed by atoms with E-state index in [2.05, 4.69) is 10.4 Å². The maximum absolute atomic E-state index is 12.3. The zero-order valence-electron chi connectivity index (χ0n) is 13.8. The molecule has 2 rings (SSSR count). The van der Waals surface area contributed by atoms with E-state index in [1.807, 2.05) is 6.07 Å². The number of aliphatic hydroxyl groups is 1. The van der Waals surface area contributed by atoms with Crippen LogP contribution < -0.4 is 5.32 Å². The maximum Gasteiger partial charge on any atom is 0.292 e. The van der Waals surface area contributed by atoms with Crippen molar-refractivity contribution in [1.82, 2.24) is 15.1 Å². The van der Waals surface area contributed by atoms with E-state index in [4.69, 9.17) is 0 Å². The van der Waals surface area contributed by atoms with Gasteiger partial charge in [0, 0.05) is 12.7 Å². The van der Waals surface area contributed by atoms with Crippen molar-refractivity contribution >= 4 is 11.7 Å². The highest BCUT2D eigenvalue weighted by atomic mass is 16.3. The summed E-state index contributed by atoms with van der Waals surface area (Å²) in [6, 6.07) is 8.99. The summed E-state index contributed by atoms with van der Waals surface area (Å²) in [5.74, 6) is -1.39. The van der Waals surface area contributed by atoms with Crippen LogP contribution in [0.5, 0.6) is 0 Å². The van der Waals surface area contributed by atoms with E-state index < -0.39 is 17.3 Å². The van der Waals surface area contributed by atoms with Crippen molar-refractivity contribution in [1.29, 1.82) is 0 Å². The van der Waals surface area contributed by atoms with Crippen LogP contribution in [0.2, 0.25) is 0 Å². The fourth-order valence-corrected chi connectivity index (χ4v) is 2.45. The molecule has 6 heteroatoms. The lowest BCUT2D eigenvalue weighted by molar-refractivity contribution is -0.118. The van der Waals surface area contributed by atoms with Gasteiger partial charge in [-0.2, -0.15) is 5.10 Å². The number of hydrogen-bond donors (Lipinski definition) is 2. The van der Waals surface area contributed by atoms with Crippen LogP contribution in [0.1, 0.15) is 34.2 Å². The van der Waals surface area contributed by atoms with Crippen LogP contribution in [0.15, 0.2) is 30.3 Å². The van der Waals surface area contributed by atoms with E-state index in [1.165, 1.54) is 0 Å². The molecule has 0 bridgehead atoms. The number of aryl methyl sites for hydroxylation is 2. The molecule has 2 N–H and O–H groups in total. The predicted octanol–water partition coefficient (Wildman–Crippen LogP) is 1.24. The van der Waals surface area contributed by atoms with Crippen molar-refractivity contribution < 1.29 is 14.7 Å². The Kier molecular flexibility index (Phi) is 4.65. The molecule has 1 heterocycles. The van der Waals surface area contributed by atoms with Gasteiger partial charge in [0.25, 0.3) is 11.7 Å². The van der Waals surface area contributed by atoms with E-state index in [1.54, 1.807) is 56.8 Å². The molecule has 0 aliphatic heterocycles. The molecule has 122 valence electrons. The minimum Gasteiger partial charge on any atom is -0.384 e. The highest BCUT2D eigenvalue weighted by molar-refractivity contribution is 6.43. The molecule has 0 aliphatic carbocycles. The van der Waals surface area contributed by atoms with Gasteiger partial charge in [-0.3, -0.25) is 14.3 Å². The van der Waals surface area contributed by atoms with Crippen molar-refractivity contribution in [2.24, 2.45) is 7.05 Å². The van der Waals surface area contributed by atoms with E-state index in [0.717, 1.165) is 0 Å². The van der Waals surface area contributed by atoms with Gasteiger partial charge < -0.3 is 10.4 Å². The lowest BCUT2D eigenvalue weighted by atomic mass is 9.96. The average molecular weight is 315 g/mol. The van der Waals surface area contributed by atoms with Crippen LogP contribution in [0, 0.1) is 13.8 Å². The zero-order valence-corrected chi connectivity index (χ0v) is 13.8. The number of carbonyl (C=O) groups is 2. The minimum absolute atomic E-state index is 0.0556. The first-order valence-electron chi connectivity index (χ1n) is 7.34. The number of Topliss-reactive ketones (excluding diaryl/α,β-unsaturated/α-hetero) is 1. The van der Waals surface area contributed by atoms with Gasteiger partial charge in [0.15, 0.2) is 0 Å². The smallest absolute Gasteiger partial charge is 0.292 e. The average Bonchev–Trinajstić information content (AvgIpc) is 2.78. The number of benzene rings is 1. The van der Waals surface area contributed by atoms with E-state index in [9.17, 15) is 14.7 Å². The van der Waals surface area contributed by atoms with Crippen LogP contribution in [-0.4, -0.2) is 33.1 Å². The van der Waals surface area contributed by atoms with Crippen molar-refractivity contribution in [3.8, 4) is 0 Å². The number of carbonyl (C=O) groups excluding carboxylic acids is 2. The molecule has 0 aliphatic rings. The van der Waals surface area contributed by atoms with Gasteiger partial charge in [-0.1, -0.05) is 30.3 Å². The largest absolute Gasteiger partial charge is 0.384 e. The Morgan fingerprint density at radius 1 is 1.26 bits per heavy atom. The number of amides is 1. The van der Waals surface area contributed by atoms with Crippen molar-refractivity contribution in [3.63, 3.8) is 0 Å². The van der Waals surface area contributed by atoms with Gasteiger partial charge in [-0.25, -0.2) is 0 Å². The Labute approximate surface area is 135 Å². The Morgan fingerprint density at radius 3 is 2.39 bits per heavy atom. The third-order valence-corrected chi connectivity index (χ3v) is 3.93. The summed E-state index contributed by atoms with van der Waals surface area (Å²) in [5.41, 5.74) is 0.874. The quantitative estimate of drug-likeness (QED) is 0.642. The second kappa shape index (κ2) is 6.34. The van der Waals surface area contributed by atoms with Gasteiger partial charge in [0.2, 0.25) is 0 Å². The standard InChI is InChI=1S/C17H21N3O3/c1-11-14(12(2)20(4)19-11)15(21)16(22)18-10-17(3,23)13-8-6-5-7-9-13/h5-9,23H,10H2,1-4H3,(H,18,22). The Morgan fingerprint density at radius 2 is 1.87 bits per heavy atom. The first-order chi connectivity index (χ1) is 10.7. The van der Waals surface area contributed by atoms with Crippen molar-refractivity contribution in [2.75, 3.05) is 6.54 Å². The van der Waals surface area contributed by atoms with E-state index in [0.29, 0.717) is 22.5 Å². The molecule has 0 saturated heterocycles. The zero-order chi connectivity index (χ0) is 17.2. The summed E-state index contributed by atoms with van der Waals surface area (Å²) in [6.07, 6.45) is 0. The third kappa shape index (κ3) is 3.48. The highest BCUT2D eigenvalue weighted by Crippen LogP contribution is 2.19. The molecular weight excluding hydrogens is 294 g/mol. The van der Waals surface area contributed by atoms with Gasteiger partial charge in [0.1, 0.15) is 5.60 Å². The van der Waals surface area contributed by atoms with Crippen LogP contribution in [0.4, 0.5) is 0 Å². The summed E-state index contributed by atoms with van der Waals surface area (Å²) in [6.45, 7) is 4.96. The molecular formula is C17H21N3O3. The topological polar surface area (TPSA) is 84.2 Å². The summed E-state index contributed by atoms with van der Waals surface area (Å²) in [5, 5.41) is 17.1. The molecule has 0 spiro atoms. The normalized spacial score (nSPS) is 13.4. The summed E-state index contributed by atoms with van der Waals surface area (Å²) in [7, 11) is 1.72. The summed E-state index contributed by atoms with van der Waals surface area (Å²) < 4.78 is 1.57. The Bertz CT molecular complexity index is 733. The van der Waals surface area contributed by atoms with Crippen LogP contribution in [0.25, 0.3) is 0 Å². The monoisotopic (exact) mass is 315 g/mol. The van der Waals surface area contributed by atoms with Gasteiger partial charge >= 0.3 is 0 Å². The highest BCUT2D eigenvalue weighted by Gasteiger charge is 2.28. The molecule has 1 aromatic heterocycles. The number of nitrogens with one attached hydrogen (secondary N) is 1. The van der Waals surface area contributed by atoms with Gasteiger partial charge in [-0.05, 0) is 26.3 Å². The number of nitrogens with zero attached hydrogens (tertiary/aromatic N) is 2. The van der Waals surface area contributed by atoms with Gasteiger partial charge in [-0.15, -0.1) is 0 Å². The molecule has 0 saturated carbocycles. The number of rotatable bonds is 5. The van der Waals surface area contributed by atoms with Crippen LogP contribution >= 0.6 is 0 Å². The summed E-state index contributed by atoms with van der Waals surface area (Å²) in [4.78, 5) is 24.4. The predicted molar refractivity (Wildman–Crippen MR) is 86.0 cm³/mol. The van der Waals surface area contributed by atoms with Crippen molar-refractivity contribution in [3.05, 3.63) is 52.8 Å². The minimum atomic E-state index is -1.25. The fourth-order valence-electron chi connectivity index (χ4n) is 2.45. The second-order valence-corrected chi connectivity index (χ2v) is 5.82. The molecule has 0 fully saturated rings. The number of ketones is 1. The Balaban J connectivity index is 2.09. The second-order valence-electron chi connectivity index (χ2n) is 5.82. The first-order valence-corrected chi connectivity index (χ1v) is 7.34. The number of aromatic nitrogens is 2. The molecule has 23 heavy (non-hydrogen) atoms. The molecule has 6 nitrogen and oxygen atoms in total. The van der Waals surface area contributed by atoms with E-state index >= 15 is 0 Å². The molecule has 0 radical (unpaired) electrons. The van der Waals surface area contributed by atoms with Crippen molar-refractivity contribution in [2.45, 2.75) is 26.4 Å². The maximum atomic E-state index is 12.3. The van der Waals surface area contributed by atoms with E-state index in [-0.39, 0.29) is 6.54 Å². The first kappa shape index (κ1) is 16.9.